The number of hydrogen-bond donors (Lipinski definition) is 0. The topological polar surface area (TPSA) is 0 Å². The van der Waals surface area contributed by atoms with Crippen LogP contribution in [0.25, 0.3) is 115 Å². The van der Waals surface area contributed by atoms with Gasteiger partial charge in [0.25, 0.3) is 0 Å². The highest BCUT2D eigenvalue weighted by Gasteiger charge is 2.27. The molecular formula is C68H54. The van der Waals surface area contributed by atoms with Crippen LogP contribution in [-0.4, -0.2) is 0 Å². The summed E-state index contributed by atoms with van der Waals surface area (Å²) in [7, 11) is 0. The van der Waals surface area contributed by atoms with Gasteiger partial charge in [-0.1, -0.05) is 133 Å². The zero-order valence-electron chi connectivity index (χ0n) is 40.4. The third-order valence-corrected chi connectivity index (χ3v) is 16.0. The molecule has 1 aliphatic carbocycles. The van der Waals surface area contributed by atoms with E-state index in [4.69, 9.17) is 0 Å². The number of hydrogen-bond acceptors (Lipinski definition) is 0. The predicted molar refractivity (Wildman–Crippen MR) is 296 cm³/mol. The lowest BCUT2D eigenvalue weighted by atomic mass is 9.76. The molecule has 12 aromatic carbocycles. The molecule has 13 rings (SSSR count). The highest BCUT2D eigenvalue weighted by atomic mass is 14.3. The van der Waals surface area contributed by atoms with Crippen molar-refractivity contribution in [2.24, 2.45) is 0 Å². The molecule has 0 fully saturated rings. The third kappa shape index (κ3) is 5.93. The van der Waals surface area contributed by atoms with E-state index in [0.29, 0.717) is 0 Å². The van der Waals surface area contributed by atoms with E-state index >= 15 is 0 Å². The molecule has 0 aliphatic heterocycles. The monoisotopic (exact) mass is 870 g/mol. The average Bonchev–Trinajstić information content (AvgIpc) is 3.33. The minimum atomic E-state index is 0.185. The van der Waals surface area contributed by atoms with Crippen LogP contribution in [0.5, 0.6) is 0 Å². The molecule has 0 heterocycles. The Kier molecular flexibility index (Phi) is 8.97. The molecule has 0 heteroatoms. The van der Waals surface area contributed by atoms with Gasteiger partial charge in [0.1, 0.15) is 0 Å². The molecule has 1 aliphatic rings. The molecule has 1 atom stereocenters. The Morgan fingerprint density at radius 3 is 1.15 bits per heavy atom. The molecular weight excluding hydrogens is 817 g/mol. The number of rotatable bonds is 4. The van der Waals surface area contributed by atoms with E-state index in [0.717, 1.165) is 6.42 Å². The van der Waals surface area contributed by atoms with Crippen molar-refractivity contribution >= 4 is 81.5 Å². The lowest BCUT2D eigenvalue weighted by Gasteiger charge is -2.27. The Bertz CT molecular complexity index is 4250. The zero-order chi connectivity index (χ0) is 46.3. The maximum Gasteiger partial charge on any atom is 0.00768 e. The fourth-order valence-corrected chi connectivity index (χ4v) is 13.4. The first kappa shape index (κ1) is 40.7. The first-order valence-electron chi connectivity index (χ1n) is 24.5. The van der Waals surface area contributed by atoms with E-state index in [1.165, 1.54) is 170 Å². The van der Waals surface area contributed by atoms with Gasteiger partial charge in [-0.15, -0.1) is 0 Å². The van der Waals surface area contributed by atoms with Gasteiger partial charge in [0.05, 0.1) is 0 Å². The summed E-state index contributed by atoms with van der Waals surface area (Å²) < 4.78 is 0. The van der Waals surface area contributed by atoms with E-state index in [1.54, 1.807) is 0 Å². The molecule has 326 valence electrons. The molecule has 0 saturated carbocycles. The van der Waals surface area contributed by atoms with Crippen LogP contribution in [0.4, 0.5) is 0 Å². The molecule has 0 N–H and O–H groups in total. The first-order chi connectivity index (χ1) is 33.0. The fraction of sp³-hybridized carbons (Fsp3) is 0.147. The Hall–Kier alpha value is -7.54. The summed E-state index contributed by atoms with van der Waals surface area (Å²) in [5, 5.41) is 20.0. The number of aryl methyl sites for hydroxylation is 8. The van der Waals surface area contributed by atoms with Crippen molar-refractivity contribution in [2.75, 3.05) is 0 Å². The van der Waals surface area contributed by atoms with Gasteiger partial charge in [-0.05, 0) is 262 Å². The third-order valence-electron chi connectivity index (χ3n) is 16.0. The molecule has 0 radical (unpaired) electrons. The van der Waals surface area contributed by atoms with Crippen molar-refractivity contribution in [3.05, 3.63) is 219 Å². The van der Waals surface area contributed by atoms with E-state index in [2.05, 4.69) is 219 Å². The van der Waals surface area contributed by atoms with Crippen LogP contribution in [0, 0.1) is 55.4 Å². The second-order valence-corrected chi connectivity index (χ2v) is 20.4. The van der Waals surface area contributed by atoms with Crippen LogP contribution in [0.2, 0.25) is 0 Å². The molecule has 0 saturated heterocycles. The summed E-state index contributed by atoms with van der Waals surface area (Å²) in [6.45, 7) is 18.3. The predicted octanol–water partition coefficient (Wildman–Crippen LogP) is 18.1. The van der Waals surface area contributed by atoms with Crippen molar-refractivity contribution in [1.29, 1.82) is 0 Å². The van der Waals surface area contributed by atoms with Gasteiger partial charge in [-0.25, -0.2) is 0 Å². The quantitative estimate of drug-likeness (QED) is 0.122. The van der Waals surface area contributed by atoms with E-state index in [1.807, 2.05) is 0 Å². The summed E-state index contributed by atoms with van der Waals surface area (Å²) in [4.78, 5) is 0. The molecule has 12 aromatic rings. The number of fused-ring (bicyclic) bond motifs is 6. The molecule has 0 aromatic heterocycles. The van der Waals surface area contributed by atoms with Crippen molar-refractivity contribution in [2.45, 2.75) is 67.7 Å². The summed E-state index contributed by atoms with van der Waals surface area (Å²) in [5.74, 6) is 0.185. The minimum Gasteiger partial charge on any atom is -0.0681 e. The first-order valence-corrected chi connectivity index (χ1v) is 24.5. The van der Waals surface area contributed by atoms with Gasteiger partial charge in [-0.2, -0.15) is 0 Å². The van der Waals surface area contributed by atoms with Crippen molar-refractivity contribution in [1.82, 2.24) is 0 Å². The summed E-state index contributed by atoms with van der Waals surface area (Å²) in [6, 6.07) is 61.1. The molecule has 0 amide bonds. The highest BCUT2D eigenvalue weighted by molar-refractivity contribution is 6.26. The Balaban J connectivity index is 1.23. The van der Waals surface area contributed by atoms with Crippen LogP contribution < -0.4 is 5.22 Å². The van der Waals surface area contributed by atoms with Gasteiger partial charge in [0.15, 0.2) is 0 Å². The highest BCUT2D eigenvalue weighted by Crippen LogP contribution is 2.47. The van der Waals surface area contributed by atoms with Crippen molar-refractivity contribution in [3.63, 3.8) is 0 Å². The van der Waals surface area contributed by atoms with E-state index < -0.39 is 0 Å². The van der Waals surface area contributed by atoms with Gasteiger partial charge in [-0.3, -0.25) is 0 Å². The Morgan fingerprint density at radius 2 is 0.676 bits per heavy atom. The molecule has 0 nitrogen and oxygen atoms in total. The van der Waals surface area contributed by atoms with Crippen molar-refractivity contribution in [3.8, 4) is 33.4 Å². The standard InChI is InChI=1S/C68H54/c1-37-25-41(5)63(55-21-13-9-17-51(37)55)47-29-45-30-48(64-42(6)26-38(2)52-18-10-14-22-56(52)64)35-61-62-36-50(66-44(8)28-40(4)54-20-12-16-24-58(54)66)32-46-31-49(34-60(68(46)62)59(33-47)67(45)61)65-43(7)27-39(3)53-19-11-15-23-57(53)65/h9-31,33-36,50H,32H2,1-8H3. The summed E-state index contributed by atoms with van der Waals surface area (Å²) >= 11 is 0. The van der Waals surface area contributed by atoms with Crippen LogP contribution in [0.3, 0.4) is 0 Å². The largest absolute Gasteiger partial charge is 0.0681 e. The van der Waals surface area contributed by atoms with Gasteiger partial charge in [0, 0.05) is 5.92 Å². The summed E-state index contributed by atoms with van der Waals surface area (Å²) in [6.07, 6.45) is 3.60. The molecule has 1 unspecified atom stereocenters. The molecule has 0 spiro atoms. The van der Waals surface area contributed by atoms with Gasteiger partial charge >= 0.3 is 0 Å². The smallest absolute Gasteiger partial charge is 0.00768 e. The minimum absolute atomic E-state index is 0.185. The second kappa shape index (κ2) is 15.0. The lowest BCUT2D eigenvalue weighted by molar-refractivity contribution is 0.871. The van der Waals surface area contributed by atoms with Gasteiger partial charge in [0.2, 0.25) is 0 Å². The zero-order valence-corrected chi connectivity index (χ0v) is 40.4. The maximum atomic E-state index is 2.68. The van der Waals surface area contributed by atoms with Crippen molar-refractivity contribution < 1.29 is 0 Å². The van der Waals surface area contributed by atoms with E-state index in [9.17, 15) is 0 Å². The molecule has 0 bridgehead atoms. The van der Waals surface area contributed by atoms with E-state index in [-0.39, 0.29) is 5.92 Å². The lowest BCUT2D eigenvalue weighted by Crippen LogP contribution is -2.18. The Morgan fingerprint density at radius 1 is 0.309 bits per heavy atom. The average molecular weight is 871 g/mol. The number of benzene rings is 12. The molecule has 68 heavy (non-hydrogen) atoms. The van der Waals surface area contributed by atoms with Crippen LogP contribution in [0.1, 0.15) is 61.6 Å². The normalized spacial score (nSPS) is 13.8. The summed E-state index contributed by atoms with van der Waals surface area (Å²) in [5.41, 5.74) is 21.3. The maximum absolute atomic E-state index is 2.68. The Labute approximate surface area is 399 Å². The van der Waals surface area contributed by atoms with Crippen LogP contribution in [-0.2, 0) is 6.42 Å². The fourth-order valence-electron chi connectivity index (χ4n) is 13.4. The van der Waals surface area contributed by atoms with Crippen LogP contribution in [0.15, 0.2) is 158 Å². The van der Waals surface area contributed by atoms with Gasteiger partial charge < -0.3 is 0 Å². The van der Waals surface area contributed by atoms with Crippen LogP contribution >= 0.6 is 0 Å². The second-order valence-electron chi connectivity index (χ2n) is 20.4. The SMILES string of the molecule is Cc1cc(C)c2ccccc2c1-c1cc2cc(-c3c(C)cc(C)c4ccccc34)cc3c4cc(-c5c(C)cc(C)c6ccccc56)cc5c4c(c(c1)c23)=CC(c1c(C)cc(C)c2ccccc12)C5.